The zero-order chi connectivity index (χ0) is 16.4. The van der Waals surface area contributed by atoms with Gasteiger partial charge in [-0.3, -0.25) is 9.59 Å². The van der Waals surface area contributed by atoms with E-state index in [1.165, 1.54) is 0 Å². The molecule has 2 N–H and O–H groups in total. The lowest BCUT2D eigenvalue weighted by molar-refractivity contribution is -0.133. The van der Waals surface area contributed by atoms with E-state index >= 15 is 0 Å². The lowest BCUT2D eigenvalue weighted by Gasteiger charge is -2.14. The number of ketones is 1. The van der Waals surface area contributed by atoms with Gasteiger partial charge in [0.1, 0.15) is 11.5 Å². The van der Waals surface area contributed by atoms with E-state index in [1.54, 1.807) is 55.6 Å². The number of benzene rings is 2. The summed E-state index contributed by atoms with van der Waals surface area (Å²) in [6.45, 7) is 0. The Morgan fingerprint density at radius 2 is 1.70 bits per heavy atom. The van der Waals surface area contributed by atoms with Crippen LogP contribution in [0.25, 0.3) is 5.76 Å². The molecule has 1 heterocycles. The van der Waals surface area contributed by atoms with Crippen LogP contribution in [0.2, 0.25) is 0 Å². The number of hydrogen-bond acceptors (Lipinski definition) is 4. The molecular formula is C18H15NO4. The van der Waals surface area contributed by atoms with Crippen molar-refractivity contribution >= 4 is 17.4 Å². The average Bonchev–Trinajstić information content (AvgIpc) is 2.90. The average molecular weight is 309 g/mol. The van der Waals surface area contributed by atoms with E-state index < -0.39 is 17.7 Å². The number of Topliss-reactive ketones (excluding diaryl/α,β-unsaturated/α-hetero) is 1. The van der Waals surface area contributed by atoms with Crippen LogP contribution >= 0.6 is 0 Å². The van der Waals surface area contributed by atoms with Gasteiger partial charge in [-0.05, 0) is 17.7 Å². The van der Waals surface area contributed by atoms with E-state index in [0.717, 1.165) is 0 Å². The van der Waals surface area contributed by atoms with Crippen LogP contribution in [-0.4, -0.2) is 23.9 Å². The summed E-state index contributed by atoms with van der Waals surface area (Å²) in [6, 6.07) is 15.0. The topological polar surface area (TPSA) is 75.6 Å². The van der Waals surface area contributed by atoms with Gasteiger partial charge in [-0.15, -0.1) is 0 Å². The summed E-state index contributed by atoms with van der Waals surface area (Å²) < 4.78 is 5.10. The molecule has 2 aromatic carbocycles. The number of carbonyl (C=O) groups is 2. The first-order valence-electron chi connectivity index (χ1n) is 7.09. The molecule has 0 bridgehead atoms. The third-order valence-corrected chi connectivity index (χ3v) is 3.77. The lowest BCUT2D eigenvalue weighted by atomic mass is 9.96. The monoisotopic (exact) mass is 309 g/mol. The van der Waals surface area contributed by atoms with Crippen LogP contribution in [0, 0.1) is 0 Å². The fourth-order valence-corrected chi connectivity index (χ4v) is 2.56. The molecule has 0 radical (unpaired) electrons. The van der Waals surface area contributed by atoms with Crippen LogP contribution in [0.15, 0.2) is 60.2 Å². The second-order valence-corrected chi connectivity index (χ2v) is 5.14. The van der Waals surface area contributed by atoms with Crippen molar-refractivity contribution in [3.05, 3.63) is 71.3 Å². The van der Waals surface area contributed by atoms with Crippen molar-refractivity contribution in [3.8, 4) is 5.75 Å². The van der Waals surface area contributed by atoms with Gasteiger partial charge in [0, 0.05) is 5.56 Å². The Morgan fingerprint density at radius 1 is 1.04 bits per heavy atom. The van der Waals surface area contributed by atoms with E-state index in [1.807, 2.05) is 6.07 Å². The number of hydrogen-bond donors (Lipinski definition) is 2. The number of rotatable bonds is 3. The van der Waals surface area contributed by atoms with E-state index in [4.69, 9.17) is 4.74 Å². The zero-order valence-corrected chi connectivity index (χ0v) is 12.4. The molecule has 0 aliphatic carbocycles. The van der Waals surface area contributed by atoms with Crippen molar-refractivity contribution in [1.82, 2.24) is 5.32 Å². The number of amides is 1. The smallest absolute Gasteiger partial charge is 0.293 e. The van der Waals surface area contributed by atoms with Crippen molar-refractivity contribution in [2.75, 3.05) is 7.11 Å². The third kappa shape index (κ3) is 2.68. The van der Waals surface area contributed by atoms with Gasteiger partial charge in [-0.2, -0.15) is 0 Å². The van der Waals surface area contributed by atoms with Crippen LogP contribution in [0.5, 0.6) is 5.75 Å². The quantitative estimate of drug-likeness (QED) is 0.518. The highest BCUT2D eigenvalue weighted by molar-refractivity contribution is 6.46. The highest BCUT2D eigenvalue weighted by Gasteiger charge is 2.39. The Bertz CT molecular complexity index is 778. The summed E-state index contributed by atoms with van der Waals surface area (Å²) in [6.07, 6.45) is 0. The zero-order valence-electron chi connectivity index (χ0n) is 12.4. The molecule has 2 aromatic rings. The molecule has 1 saturated heterocycles. The molecule has 0 unspecified atom stereocenters. The molecule has 116 valence electrons. The molecule has 23 heavy (non-hydrogen) atoms. The molecule has 5 nitrogen and oxygen atoms in total. The summed E-state index contributed by atoms with van der Waals surface area (Å²) >= 11 is 0. The van der Waals surface area contributed by atoms with Gasteiger partial charge in [0.15, 0.2) is 0 Å². The fourth-order valence-electron chi connectivity index (χ4n) is 2.56. The number of carbonyl (C=O) groups excluding carboxylic acids is 2. The molecule has 1 aliphatic rings. The van der Waals surface area contributed by atoms with E-state index in [2.05, 4.69) is 5.32 Å². The van der Waals surface area contributed by atoms with Crippen molar-refractivity contribution in [2.24, 2.45) is 0 Å². The number of nitrogens with one attached hydrogen (secondary N) is 1. The molecule has 1 fully saturated rings. The maximum absolute atomic E-state index is 12.2. The summed E-state index contributed by atoms with van der Waals surface area (Å²) in [7, 11) is 1.56. The van der Waals surface area contributed by atoms with E-state index in [9.17, 15) is 14.7 Å². The Balaban J connectivity index is 2.08. The Kier molecular flexibility index (Phi) is 3.85. The number of aliphatic hydroxyl groups is 1. The summed E-state index contributed by atoms with van der Waals surface area (Å²) in [5.74, 6) is -0.951. The third-order valence-electron chi connectivity index (χ3n) is 3.77. The molecule has 0 aromatic heterocycles. The SMILES string of the molecule is COc1ccc([C@H]2NC(=O)C(=O)C2=C(O)c2ccccc2)cc1. The second-order valence-electron chi connectivity index (χ2n) is 5.14. The minimum absolute atomic E-state index is 0.0615. The van der Waals surface area contributed by atoms with Gasteiger partial charge in [0.2, 0.25) is 0 Å². The molecule has 1 amide bonds. The van der Waals surface area contributed by atoms with Gasteiger partial charge in [0.25, 0.3) is 11.7 Å². The molecule has 3 rings (SSSR count). The fraction of sp³-hybridized carbons (Fsp3) is 0.111. The normalized spacial score (nSPS) is 19.4. The maximum atomic E-state index is 12.2. The van der Waals surface area contributed by atoms with Crippen LogP contribution in [0.1, 0.15) is 17.2 Å². The van der Waals surface area contributed by atoms with Crippen molar-refractivity contribution in [1.29, 1.82) is 0 Å². The van der Waals surface area contributed by atoms with Crippen LogP contribution in [0.3, 0.4) is 0 Å². The number of aliphatic hydroxyl groups excluding tert-OH is 1. The minimum Gasteiger partial charge on any atom is -0.507 e. The predicted molar refractivity (Wildman–Crippen MR) is 84.9 cm³/mol. The van der Waals surface area contributed by atoms with Gasteiger partial charge >= 0.3 is 0 Å². The summed E-state index contributed by atoms with van der Waals surface area (Å²) in [4.78, 5) is 24.0. The van der Waals surface area contributed by atoms with Crippen molar-refractivity contribution < 1.29 is 19.4 Å². The predicted octanol–water partition coefficient (Wildman–Crippen LogP) is 2.40. The van der Waals surface area contributed by atoms with Crippen LogP contribution in [-0.2, 0) is 9.59 Å². The van der Waals surface area contributed by atoms with Crippen LogP contribution < -0.4 is 10.1 Å². The minimum atomic E-state index is -0.719. The Hall–Kier alpha value is -3.08. The van der Waals surface area contributed by atoms with Crippen molar-refractivity contribution in [2.45, 2.75) is 6.04 Å². The molecule has 1 aliphatic heterocycles. The molecule has 0 spiro atoms. The van der Waals surface area contributed by atoms with Gasteiger partial charge < -0.3 is 15.2 Å². The Morgan fingerprint density at radius 3 is 2.30 bits per heavy atom. The largest absolute Gasteiger partial charge is 0.507 e. The van der Waals surface area contributed by atoms with Crippen LogP contribution in [0.4, 0.5) is 0 Å². The van der Waals surface area contributed by atoms with Crippen molar-refractivity contribution in [3.63, 3.8) is 0 Å². The highest BCUT2D eigenvalue weighted by Crippen LogP contribution is 2.33. The first-order valence-corrected chi connectivity index (χ1v) is 7.09. The molecule has 1 atom stereocenters. The Labute approximate surface area is 133 Å². The van der Waals surface area contributed by atoms with E-state index in [0.29, 0.717) is 16.9 Å². The van der Waals surface area contributed by atoms with Gasteiger partial charge in [0.05, 0.1) is 18.7 Å². The number of ether oxygens (including phenoxy) is 1. The highest BCUT2D eigenvalue weighted by atomic mass is 16.5. The molecule has 0 saturated carbocycles. The van der Waals surface area contributed by atoms with E-state index in [-0.39, 0.29) is 11.3 Å². The first kappa shape index (κ1) is 14.8. The summed E-state index contributed by atoms with van der Waals surface area (Å²) in [5.41, 5.74) is 1.25. The second kappa shape index (κ2) is 5.96. The summed E-state index contributed by atoms with van der Waals surface area (Å²) in [5, 5.41) is 13.1. The molecule has 5 heteroatoms. The standard InChI is InChI=1S/C18H15NO4/c1-23-13-9-7-11(8-10-13)15-14(17(21)18(22)19-15)16(20)12-5-3-2-4-6-12/h2-10,15,20H,1H3,(H,19,22)/t15-/m1/s1. The molecular weight excluding hydrogens is 294 g/mol. The van der Waals surface area contributed by atoms with Gasteiger partial charge in [-0.1, -0.05) is 42.5 Å². The maximum Gasteiger partial charge on any atom is 0.293 e. The first-order chi connectivity index (χ1) is 11.1. The lowest BCUT2D eigenvalue weighted by Crippen LogP contribution is -2.21. The number of methoxy groups -OCH3 is 1. The van der Waals surface area contributed by atoms with Gasteiger partial charge in [-0.25, -0.2) is 0 Å².